The average Bonchev–Trinajstić information content (AvgIpc) is 3.08. The third-order valence-electron chi connectivity index (χ3n) is 4.98. The minimum absolute atomic E-state index is 0.185. The van der Waals surface area contributed by atoms with Crippen LogP contribution in [0, 0.1) is 19.3 Å². The molecular formula is C22H22N2O10S. The fourth-order valence-electron chi connectivity index (χ4n) is 3.38. The van der Waals surface area contributed by atoms with Crippen molar-refractivity contribution in [3.63, 3.8) is 0 Å². The Morgan fingerprint density at radius 1 is 1.14 bits per heavy atom. The molecule has 1 N–H and O–H groups in total. The maximum Gasteiger partial charge on any atom is 0.330 e. The number of rotatable bonds is 7. The predicted molar refractivity (Wildman–Crippen MR) is 119 cm³/mol. The Balaban J connectivity index is 2.08. The summed E-state index contributed by atoms with van der Waals surface area (Å²) < 4.78 is 48.3. The van der Waals surface area contributed by atoms with E-state index in [2.05, 4.69) is 5.92 Å². The molecule has 0 radical (unpaired) electrons. The van der Waals surface area contributed by atoms with Crippen molar-refractivity contribution < 1.29 is 36.4 Å². The van der Waals surface area contributed by atoms with Crippen LogP contribution in [0.4, 0.5) is 0 Å². The van der Waals surface area contributed by atoms with Crippen LogP contribution < -0.4 is 11.2 Å². The smallest absolute Gasteiger partial charge is 0.330 e. The van der Waals surface area contributed by atoms with Gasteiger partial charge in [-0.25, -0.2) is 4.79 Å². The number of aromatic amines is 1. The first kappa shape index (κ1) is 25.9. The highest BCUT2D eigenvalue weighted by atomic mass is 32.2. The molecule has 1 fully saturated rings. The lowest BCUT2D eigenvalue weighted by atomic mass is 10.1. The van der Waals surface area contributed by atoms with Gasteiger partial charge in [0.15, 0.2) is 12.3 Å². The third-order valence-corrected chi connectivity index (χ3v) is 6.31. The molecule has 186 valence electrons. The van der Waals surface area contributed by atoms with Crippen molar-refractivity contribution in [2.24, 2.45) is 0 Å². The number of nitrogens with one attached hydrogen (secondary N) is 1. The molecule has 13 heteroatoms. The van der Waals surface area contributed by atoms with Crippen LogP contribution in [0.5, 0.6) is 0 Å². The highest BCUT2D eigenvalue weighted by Crippen LogP contribution is 2.35. The molecule has 2 heterocycles. The van der Waals surface area contributed by atoms with Gasteiger partial charge in [0.2, 0.25) is 0 Å². The molecule has 3 rings (SSSR count). The number of carbonyl (C=O) groups is 2. The van der Waals surface area contributed by atoms with Gasteiger partial charge >= 0.3 is 17.6 Å². The largest absolute Gasteiger partial charge is 0.463 e. The van der Waals surface area contributed by atoms with Gasteiger partial charge in [-0.15, -0.1) is 6.42 Å². The van der Waals surface area contributed by atoms with E-state index in [1.807, 2.05) is 4.98 Å². The number of hydrogen-bond donors (Lipinski definition) is 1. The van der Waals surface area contributed by atoms with Crippen LogP contribution in [-0.4, -0.2) is 54.8 Å². The standard InChI is InChI=1S/C22H22N2O10S/c1-5-15-10-24(22(28)23-20(15)27)21-19(32-14(4)26)18(17(33-21)11-31-13(3)25)34-35(29,30)16-8-6-12(2)7-9-16/h1,6-10,17-19,21H,11H2,2-4H3,(H,23,27,28)/t17-,18+,19-,21-/m1/s1. The second-order valence-corrected chi connectivity index (χ2v) is 9.20. The Hall–Kier alpha value is -3.73. The van der Waals surface area contributed by atoms with Crippen LogP contribution >= 0.6 is 0 Å². The zero-order valence-corrected chi connectivity index (χ0v) is 19.7. The van der Waals surface area contributed by atoms with Gasteiger partial charge in [0, 0.05) is 20.0 Å². The van der Waals surface area contributed by atoms with Gasteiger partial charge < -0.3 is 14.2 Å². The Labute approximate surface area is 199 Å². The molecule has 1 aliphatic rings. The number of ether oxygens (including phenoxy) is 3. The van der Waals surface area contributed by atoms with Gasteiger partial charge in [0.25, 0.3) is 15.7 Å². The van der Waals surface area contributed by atoms with Crippen LogP contribution in [-0.2, 0) is 38.1 Å². The molecule has 0 unspecified atom stereocenters. The summed E-state index contributed by atoms with van der Waals surface area (Å²) in [6, 6.07) is 5.77. The number of esters is 2. The van der Waals surface area contributed by atoms with Gasteiger partial charge in [-0.2, -0.15) is 8.42 Å². The van der Waals surface area contributed by atoms with Crippen LogP contribution in [0.25, 0.3) is 0 Å². The van der Waals surface area contributed by atoms with E-state index in [1.54, 1.807) is 19.1 Å². The van der Waals surface area contributed by atoms with Crippen molar-refractivity contribution in [2.45, 2.75) is 50.2 Å². The van der Waals surface area contributed by atoms with Crippen LogP contribution in [0.3, 0.4) is 0 Å². The average molecular weight is 506 g/mol. The summed E-state index contributed by atoms with van der Waals surface area (Å²) in [4.78, 5) is 49.5. The van der Waals surface area contributed by atoms with Crippen LogP contribution in [0.1, 0.15) is 31.2 Å². The summed E-state index contributed by atoms with van der Waals surface area (Å²) in [7, 11) is -4.43. The molecule has 1 saturated heterocycles. The van der Waals surface area contributed by atoms with E-state index in [9.17, 15) is 27.6 Å². The molecule has 1 aliphatic heterocycles. The van der Waals surface area contributed by atoms with E-state index in [1.165, 1.54) is 12.1 Å². The van der Waals surface area contributed by atoms with Crippen molar-refractivity contribution in [1.29, 1.82) is 0 Å². The number of terminal acetylenes is 1. The van der Waals surface area contributed by atoms with Gasteiger partial charge in [-0.1, -0.05) is 23.6 Å². The monoisotopic (exact) mass is 506 g/mol. The van der Waals surface area contributed by atoms with E-state index in [0.29, 0.717) is 0 Å². The normalized spacial score (nSPS) is 21.8. The van der Waals surface area contributed by atoms with Crippen molar-refractivity contribution in [3.05, 3.63) is 62.4 Å². The first-order valence-corrected chi connectivity index (χ1v) is 11.6. The molecule has 0 amide bonds. The molecular weight excluding hydrogens is 484 g/mol. The summed E-state index contributed by atoms with van der Waals surface area (Å²) in [6.07, 6.45) is 0.488. The number of hydrogen-bond acceptors (Lipinski definition) is 10. The van der Waals surface area contributed by atoms with Crippen molar-refractivity contribution in [1.82, 2.24) is 9.55 Å². The highest BCUT2D eigenvalue weighted by Gasteiger charge is 2.51. The summed E-state index contributed by atoms with van der Waals surface area (Å²) in [6.45, 7) is 3.47. The Bertz CT molecular complexity index is 1390. The topological polar surface area (TPSA) is 160 Å². The molecule has 1 aromatic heterocycles. The van der Waals surface area contributed by atoms with E-state index >= 15 is 0 Å². The number of aromatic nitrogens is 2. The quantitative estimate of drug-likeness (QED) is 0.307. The SMILES string of the molecule is C#Cc1cn([C@@H]2O[C@H](COC(C)=O)[C@H](OS(=O)(=O)c3ccc(C)cc3)[C@H]2OC(C)=O)c(=O)[nH]c1=O. The summed E-state index contributed by atoms with van der Waals surface area (Å²) in [5.74, 6) is 0.568. The van der Waals surface area contributed by atoms with Crippen LogP contribution in [0.2, 0.25) is 0 Å². The van der Waals surface area contributed by atoms with Gasteiger partial charge in [-0.05, 0) is 19.1 Å². The van der Waals surface area contributed by atoms with Crippen molar-refractivity contribution in [2.75, 3.05) is 6.61 Å². The second kappa shape index (κ2) is 10.3. The number of nitrogens with zero attached hydrogens (tertiary/aromatic N) is 1. The summed E-state index contributed by atoms with van der Waals surface area (Å²) in [5, 5.41) is 0. The maximum atomic E-state index is 13.0. The number of H-pyrrole nitrogens is 1. The third kappa shape index (κ3) is 5.86. The van der Waals surface area contributed by atoms with Crippen molar-refractivity contribution in [3.8, 4) is 12.3 Å². The fraction of sp³-hybridized carbons (Fsp3) is 0.364. The Morgan fingerprint density at radius 3 is 2.37 bits per heavy atom. The lowest BCUT2D eigenvalue weighted by molar-refractivity contribution is -0.155. The molecule has 0 spiro atoms. The van der Waals surface area contributed by atoms with E-state index < -0.39 is 64.5 Å². The van der Waals surface area contributed by atoms with Gasteiger partial charge in [0.1, 0.15) is 24.4 Å². The fourth-order valence-corrected chi connectivity index (χ4v) is 4.49. The Morgan fingerprint density at radius 2 is 1.80 bits per heavy atom. The minimum atomic E-state index is -4.43. The minimum Gasteiger partial charge on any atom is -0.463 e. The lowest BCUT2D eigenvalue weighted by Crippen LogP contribution is -2.43. The molecule has 0 saturated carbocycles. The molecule has 0 aliphatic carbocycles. The zero-order valence-electron chi connectivity index (χ0n) is 18.9. The first-order valence-electron chi connectivity index (χ1n) is 10.2. The Kier molecular flexibility index (Phi) is 7.59. The number of carbonyl (C=O) groups excluding carboxylic acids is 2. The summed E-state index contributed by atoms with van der Waals surface area (Å²) >= 11 is 0. The van der Waals surface area contributed by atoms with Crippen molar-refractivity contribution >= 4 is 22.1 Å². The van der Waals surface area contributed by atoms with E-state index in [-0.39, 0.29) is 10.5 Å². The molecule has 1 aromatic carbocycles. The molecule has 4 atom stereocenters. The molecule has 35 heavy (non-hydrogen) atoms. The maximum absolute atomic E-state index is 13.0. The second-order valence-electron chi connectivity index (χ2n) is 7.62. The number of benzene rings is 1. The summed E-state index contributed by atoms with van der Waals surface area (Å²) in [5.41, 5.74) is -1.23. The molecule has 0 bridgehead atoms. The van der Waals surface area contributed by atoms with Crippen LogP contribution in [0.15, 0.2) is 44.9 Å². The van der Waals surface area contributed by atoms with Gasteiger partial charge in [0.05, 0.1) is 4.90 Å². The van der Waals surface area contributed by atoms with Gasteiger partial charge in [-0.3, -0.25) is 28.1 Å². The zero-order chi connectivity index (χ0) is 25.9. The molecule has 2 aromatic rings. The highest BCUT2D eigenvalue weighted by molar-refractivity contribution is 7.86. The van der Waals surface area contributed by atoms with E-state index in [0.717, 1.165) is 30.2 Å². The van der Waals surface area contributed by atoms with E-state index in [4.69, 9.17) is 24.8 Å². The lowest BCUT2D eigenvalue weighted by Gasteiger charge is -2.24. The predicted octanol–water partition coefficient (Wildman–Crippen LogP) is -0.00738. The first-order chi connectivity index (χ1) is 16.4. The number of aryl methyl sites for hydroxylation is 1. The molecule has 12 nitrogen and oxygen atoms in total.